The molecule has 3 aromatic rings. The summed E-state index contributed by atoms with van der Waals surface area (Å²) in [6.07, 6.45) is 8.74. The number of fused-ring (bicyclic) bond motifs is 1. The van der Waals surface area contributed by atoms with Crippen molar-refractivity contribution in [2.24, 2.45) is 0 Å². The maximum absolute atomic E-state index is 5.91. The number of imidazole rings is 1. The zero-order valence-electron chi connectivity index (χ0n) is 7.55. The minimum absolute atomic E-state index is 0.396. The summed E-state index contributed by atoms with van der Waals surface area (Å²) in [6, 6.07) is 0. The predicted molar refractivity (Wildman–Crippen MR) is 55.6 cm³/mol. The molecule has 74 valence electrons. The van der Waals surface area contributed by atoms with Crippen LogP contribution in [0.25, 0.3) is 16.9 Å². The molecule has 3 heterocycles. The Morgan fingerprint density at radius 2 is 2.20 bits per heavy atom. The number of hydrogen-bond donors (Lipinski definition) is 1. The van der Waals surface area contributed by atoms with Gasteiger partial charge in [0.05, 0.1) is 18.1 Å². The second kappa shape index (κ2) is 3.06. The number of hydrogen-bond acceptors (Lipinski definition) is 3. The second-order valence-electron chi connectivity index (χ2n) is 3.04. The van der Waals surface area contributed by atoms with Gasteiger partial charge in [0.15, 0.2) is 10.8 Å². The highest BCUT2D eigenvalue weighted by Crippen LogP contribution is 2.21. The molecule has 0 aromatic carbocycles. The standard InChI is InChI=1S/C9H6ClN5/c10-8-9-12-5-7(6-3-13-14-4-6)15(9)2-1-11-8/h1-5H,(H,13,14). The lowest BCUT2D eigenvalue weighted by molar-refractivity contribution is 1.09. The van der Waals surface area contributed by atoms with Gasteiger partial charge in [0, 0.05) is 24.2 Å². The first-order valence-electron chi connectivity index (χ1n) is 4.33. The third kappa shape index (κ3) is 1.20. The summed E-state index contributed by atoms with van der Waals surface area (Å²) in [7, 11) is 0. The van der Waals surface area contributed by atoms with Crippen LogP contribution in [0.2, 0.25) is 5.15 Å². The molecule has 0 amide bonds. The fraction of sp³-hybridized carbons (Fsp3) is 0. The maximum Gasteiger partial charge on any atom is 0.175 e. The Kier molecular flexibility index (Phi) is 1.72. The van der Waals surface area contributed by atoms with Crippen molar-refractivity contribution in [2.45, 2.75) is 0 Å². The zero-order chi connectivity index (χ0) is 10.3. The van der Waals surface area contributed by atoms with Crippen LogP contribution in [0.15, 0.2) is 31.0 Å². The molecule has 0 unspecified atom stereocenters. The largest absolute Gasteiger partial charge is 0.295 e. The van der Waals surface area contributed by atoms with Crippen molar-refractivity contribution in [2.75, 3.05) is 0 Å². The van der Waals surface area contributed by atoms with E-state index in [2.05, 4.69) is 20.2 Å². The SMILES string of the molecule is Clc1nccn2c(-c3cn[nH]c3)cnc12. The van der Waals surface area contributed by atoms with Gasteiger partial charge in [-0.25, -0.2) is 9.97 Å². The fourth-order valence-corrected chi connectivity index (χ4v) is 1.69. The molecule has 0 spiro atoms. The second-order valence-corrected chi connectivity index (χ2v) is 3.40. The van der Waals surface area contributed by atoms with E-state index >= 15 is 0 Å². The van der Waals surface area contributed by atoms with Crippen LogP contribution in [0.5, 0.6) is 0 Å². The van der Waals surface area contributed by atoms with E-state index in [0.717, 1.165) is 11.3 Å². The number of aromatic amines is 1. The third-order valence-electron chi connectivity index (χ3n) is 2.18. The van der Waals surface area contributed by atoms with Gasteiger partial charge in [0.1, 0.15) is 0 Å². The Bertz CT molecular complexity index is 598. The van der Waals surface area contributed by atoms with Crippen LogP contribution in [-0.4, -0.2) is 24.6 Å². The first-order valence-corrected chi connectivity index (χ1v) is 4.71. The van der Waals surface area contributed by atoms with Crippen LogP contribution in [-0.2, 0) is 0 Å². The van der Waals surface area contributed by atoms with Crippen LogP contribution < -0.4 is 0 Å². The van der Waals surface area contributed by atoms with Crippen molar-refractivity contribution < 1.29 is 0 Å². The summed E-state index contributed by atoms with van der Waals surface area (Å²) in [5.74, 6) is 0. The van der Waals surface area contributed by atoms with Gasteiger partial charge in [0.25, 0.3) is 0 Å². The normalized spacial score (nSPS) is 11.0. The van der Waals surface area contributed by atoms with Gasteiger partial charge in [-0.1, -0.05) is 11.6 Å². The molecular formula is C9H6ClN5. The van der Waals surface area contributed by atoms with Crippen LogP contribution in [0.4, 0.5) is 0 Å². The highest BCUT2D eigenvalue weighted by atomic mass is 35.5. The minimum Gasteiger partial charge on any atom is -0.295 e. The van der Waals surface area contributed by atoms with E-state index in [0.29, 0.717) is 10.8 Å². The van der Waals surface area contributed by atoms with Gasteiger partial charge in [-0.3, -0.25) is 9.50 Å². The van der Waals surface area contributed by atoms with E-state index in [-0.39, 0.29) is 0 Å². The quantitative estimate of drug-likeness (QED) is 0.679. The molecule has 5 nitrogen and oxygen atoms in total. The zero-order valence-corrected chi connectivity index (χ0v) is 8.31. The van der Waals surface area contributed by atoms with Crippen LogP contribution in [0.1, 0.15) is 0 Å². The van der Waals surface area contributed by atoms with E-state index in [9.17, 15) is 0 Å². The Balaban J connectivity index is 2.34. The molecule has 0 bridgehead atoms. The predicted octanol–water partition coefficient (Wildman–Crippen LogP) is 1.77. The lowest BCUT2D eigenvalue weighted by atomic mass is 10.3. The third-order valence-corrected chi connectivity index (χ3v) is 2.45. The lowest BCUT2D eigenvalue weighted by Gasteiger charge is -1.98. The number of halogens is 1. The summed E-state index contributed by atoms with van der Waals surface area (Å²) in [5.41, 5.74) is 2.54. The van der Waals surface area contributed by atoms with Crippen LogP contribution in [0.3, 0.4) is 0 Å². The van der Waals surface area contributed by atoms with E-state index in [1.807, 2.05) is 10.6 Å². The number of nitrogens with one attached hydrogen (secondary N) is 1. The average Bonchev–Trinajstić information content (AvgIpc) is 2.85. The highest BCUT2D eigenvalue weighted by molar-refractivity contribution is 6.32. The first kappa shape index (κ1) is 8.43. The minimum atomic E-state index is 0.396. The molecule has 3 aromatic heterocycles. The number of nitrogens with zero attached hydrogens (tertiary/aromatic N) is 4. The molecule has 0 aliphatic carbocycles. The van der Waals surface area contributed by atoms with Crippen LogP contribution in [0, 0.1) is 0 Å². The van der Waals surface area contributed by atoms with Gasteiger partial charge in [0.2, 0.25) is 0 Å². The lowest BCUT2D eigenvalue weighted by Crippen LogP contribution is -1.89. The van der Waals surface area contributed by atoms with Crippen molar-refractivity contribution in [1.29, 1.82) is 0 Å². The van der Waals surface area contributed by atoms with Crippen LogP contribution >= 0.6 is 11.6 Å². The monoisotopic (exact) mass is 219 g/mol. The van der Waals surface area contributed by atoms with E-state index < -0.39 is 0 Å². The molecule has 1 N–H and O–H groups in total. The molecule has 0 fully saturated rings. The Hall–Kier alpha value is -1.88. The molecule has 0 saturated carbocycles. The van der Waals surface area contributed by atoms with Gasteiger partial charge in [-0.05, 0) is 0 Å². The van der Waals surface area contributed by atoms with Crippen molar-refractivity contribution in [3.63, 3.8) is 0 Å². The topological polar surface area (TPSA) is 58.9 Å². The van der Waals surface area contributed by atoms with Gasteiger partial charge >= 0.3 is 0 Å². The Labute approximate surface area is 89.7 Å². The van der Waals surface area contributed by atoms with E-state index in [1.165, 1.54) is 0 Å². The molecular weight excluding hydrogens is 214 g/mol. The summed E-state index contributed by atoms with van der Waals surface area (Å²) in [6.45, 7) is 0. The highest BCUT2D eigenvalue weighted by Gasteiger charge is 2.08. The summed E-state index contributed by atoms with van der Waals surface area (Å²) in [4.78, 5) is 8.16. The molecule has 0 saturated heterocycles. The van der Waals surface area contributed by atoms with E-state index in [4.69, 9.17) is 11.6 Å². The number of aromatic nitrogens is 5. The maximum atomic E-state index is 5.91. The Morgan fingerprint density at radius 3 is 3.00 bits per heavy atom. The van der Waals surface area contributed by atoms with E-state index in [1.54, 1.807) is 24.8 Å². The number of H-pyrrole nitrogens is 1. The van der Waals surface area contributed by atoms with Gasteiger partial charge in [-0.15, -0.1) is 0 Å². The van der Waals surface area contributed by atoms with Gasteiger partial charge in [-0.2, -0.15) is 5.10 Å². The summed E-state index contributed by atoms with van der Waals surface area (Å²) < 4.78 is 1.88. The molecule has 6 heteroatoms. The molecule has 15 heavy (non-hydrogen) atoms. The summed E-state index contributed by atoms with van der Waals surface area (Å²) in [5, 5.41) is 7.05. The van der Waals surface area contributed by atoms with Gasteiger partial charge < -0.3 is 0 Å². The van der Waals surface area contributed by atoms with Crippen molar-refractivity contribution in [3.8, 4) is 11.3 Å². The van der Waals surface area contributed by atoms with Crippen molar-refractivity contribution in [1.82, 2.24) is 24.6 Å². The fourth-order valence-electron chi connectivity index (χ4n) is 1.49. The molecule has 3 rings (SSSR count). The molecule has 0 atom stereocenters. The van der Waals surface area contributed by atoms with Crippen molar-refractivity contribution >= 4 is 17.2 Å². The Morgan fingerprint density at radius 1 is 1.27 bits per heavy atom. The molecule has 0 aliphatic heterocycles. The van der Waals surface area contributed by atoms with Crippen molar-refractivity contribution in [3.05, 3.63) is 36.1 Å². The summed E-state index contributed by atoms with van der Waals surface area (Å²) >= 11 is 5.91. The average molecular weight is 220 g/mol. The first-order chi connectivity index (χ1) is 7.36. The molecule has 0 radical (unpaired) electrons. The smallest absolute Gasteiger partial charge is 0.175 e. The number of rotatable bonds is 1. The molecule has 0 aliphatic rings.